The number of benzene rings is 12. The Labute approximate surface area is 437 Å². The van der Waals surface area contributed by atoms with Crippen LogP contribution in [0, 0.1) is 0 Å². The van der Waals surface area contributed by atoms with E-state index in [1.165, 1.54) is 66.4 Å². The Kier molecular flexibility index (Phi) is 10.8. The van der Waals surface area contributed by atoms with Crippen molar-refractivity contribution in [3.8, 4) is 89.5 Å². The Morgan fingerprint density at radius 1 is 0.227 bits per heavy atom. The van der Waals surface area contributed by atoms with E-state index in [-0.39, 0.29) is 0 Å². The van der Waals surface area contributed by atoms with E-state index < -0.39 is 5.41 Å². The maximum absolute atomic E-state index is 5.35. The van der Waals surface area contributed by atoms with Gasteiger partial charge in [0.1, 0.15) is 0 Å². The van der Waals surface area contributed by atoms with Gasteiger partial charge in [-0.15, -0.1) is 0 Å². The summed E-state index contributed by atoms with van der Waals surface area (Å²) < 4.78 is 0. The number of aromatic nitrogens is 2. The molecule has 0 bridgehead atoms. The van der Waals surface area contributed by atoms with Crippen LogP contribution in [-0.4, -0.2) is 9.97 Å². The topological polar surface area (TPSA) is 25.8 Å². The Morgan fingerprint density at radius 3 is 1.43 bits per heavy atom. The second-order valence-corrected chi connectivity index (χ2v) is 19.6. The Hall–Kier alpha value is -9.76. The monoisotopic (exact) mass is 952 g/mol. The predicted molar refractivity (Wildman–Crippen MR) is 312 cm³/mol. The SMILES string of the molecule is c1ccc(-c2cccc(-c3cc(-c4ccc(-c5cc(-c6ccc7c(c6)-c6ccccc6C7(c6ccccc6)c6ccccc6)cc(-c6cccc7ccccc67)c5)c5ccccc45)nc(-c4ccccc4)n3)c2)cc1. The van der Waals surface area contributed by atoms with Gasteiger partial charge in [0.2, 0.25) is 0 Å². The van der Waals surface area contributed by atoms with Crippen molar-refractivity contribution < 1.29 is 0 Å². The van der Waals surface area contributed by atoms with E-state index in [4.69, 9.17) is 9.97 Å². The lowest BCUT2D eigenvalue weighted by atomic mass is 9.67. The summed E-state index contributed by atoms with van der Waals surface area (Å²) in [6.07, 6.45) is 0. The van der Waals surface area contributed by atoms with Crippen LogP contribution < -0.4 is 0 Å². The molecule has 0 spiro atoms. The van der Waals surface area contributed by atoms with Crippen LogP contribution in [0.15, 0.2) is 291 Å². The van der Waals surface area contributed by atoms with Crippen LogP contribution in [0.4, 0.5) is 0 Å². The summed E-state index contributed by atoms with van der Waals surface area (Å²) in [7, 11) is 0. The molecule has 0 amide bonds. The summed E-state index contributed by atoms with van der Waals surface area (Å²) in [6.45, 7) is 0. The first-order valence-electron chi connectivity index (χ1n) is 25.8. The molecular weight excluding hydrogens is 905 g/mol. The molecule has 1 heterocycles. The lowest BCUT2D eigenvalue weighted by Gasteiger charge is -2.33. The highest BCUT2D eigenvalue weighted by Crippen LogP contribution is 2.57. The maximum Gasteiger partial charge on any atom is 0.160 e. The molecule has 0 unspecified atom stereocenters. The first-order valence-corrected chi connectivity index (χ1v) is 25.8. The lowest BCUT2D eigenvalue weighted by Crippen LogP contribution is -2.28. The van der Waals surface area contributed by atoms with Crippen LogP contribution >= 0.6 is 0 Å². The van der Waals surface area contributed by atoms with E-state index in [9.17, 15) is 0 Å². The predicted octanol–water partition coefficient (Wildman–Crippen LogP) is 18.8. The standard InChI is InChI=1S/C73H48N2/c1-5-21-49(22-6-1)52-27-19-28-54(43-52)70-48-71(75-72(74-70)51-24-7-2-8-25-51)66-41-40-62(63-34-15-16-35-64(63)66)57-45-55(44-56(46-57)61-37-20-26-50-23-13-14-33-60(50)61)53-39-42-69-67(47-53)65-36-17-18-38-68(65)73(69,58-29-9-3-10-30-58)59-31-11-4-12-32-59/h1-48H. The van der Waals surface area contributed by atoms with Gasteiger partial charge in [0.15, 0.2) is 5.82 Å². The van der Waals surface area contributed by atoms with E-state index in [1.54, 1.807) is 0 Å². The fourth-order valence-corrected chi connectivity index (χ4v) is 11.9. The van der Waals surface area contributed by atoms with Crippen molar-refractivity contribution in [3.05, 3.63) is 313 Å². The van der Waals surface area contributed by atoms with Gasteiger partial charge in [0.25, 0.3) is 0 Å². The van der Waals surface area contributed by atoms with Gasteiger partial charge in [0, 0.05) is 16.7 Å². The molecule has 0 radical (unpaired) electrons. The highest BCUT2D eigenvalue weighted by Gasteiger charge is 2.46. The third-order valence-corrected chi connectivity index (χ3v) is 15.4. The number of hydrogen-bond acceptors (Lipinski definition) is 2. The van der Waals surface area contributed by atoms with E-state index in [1.807, 2.05) is 6.07 Å². The van der Waals surface area contributed by atoms with E-state index in [0.29, 0.717) is 5.82 Å². The maximum atomic E-state index is 5.35. The quantitative estimate of drug-likeness (QED) is 0.144. The van der Waals surface area contributed by atoms with Gasteiger partial charge in [-0.1, -0.05) is 255 Å². The molecule has 1 aliphatic rings. The fourth-order valence-electron chi connectivity index (χ4n) is 11.9. The second-order valence-electron chi connectivity index (χ2n) is 19.6. The summed E-state index contributed by atoms with van der Waals surface area (Å²) in [5, 5.41) is 4.72. The molecule has 0 saturated heterocycles. The average Bonchev–Trinajstić information content (AvgIpc) is 3.82. The molecule has 0 saturated carbocycles. The minimum absolute atomic E-state index is 0.470. The Bertz CT molecular complexity index is 4230. The van der Waals surface area contributed by atoms with Crippen molar-refractivity contribution >= 4 is 21.5 Å². The highest BCUT2D eigenvalue weighted by molar-refractivity contribution is 6.06. The first-order chi connectivity index (χ1) is 37.2. The number of nitrogens with zero attached hydrogens (tertiary/aromatic N) is 2. The molecule has 13 aromatic rings. The van der Waals surface area contributed by atoms with Gasteiger partial charge in [-0.25, -0.2) is 9.97 Å². The molecule has 1 aromatic heterocycles. The first kappa shape index (κ1) is 44.0. The summed E-state index contributed by atoms with van der Waals surface area (Å²) in [5.74, 6) is 0.690. The van der Waals surface area contributed by atoms with Crippen molar-refractivity contribution in [1.82, 2.24) is 9.97 Å². The van der Waals surface area contributed by atoms with Gasteiger partial charge in [-0.3, -0.25) is 0 Å². The molecule has 12 aromatic carbocycles. The van der Waals surface area contributed by atoms with Gasteiger partial charge in [-0.05, 0) is 136 Å². The lowest BCUT2D eigenvalue weighted by molar-refractivity contribution is 0.768. The average molecular weight is 953 g/mol. The number of hydrogen-bond donors (Lipinski definition) is 0. The van der Waals surface area contributed by atoms with Gasteiger partial charge >= 0.3 is 0 Å². The number of fused-ring (bicyclic) bond motifs is 5. The molecule has 2 nitrogen and oxygen atoms in total. The molecule has 350 valence electrons. The molecule has 14 rings (SSSR count). The summed E-state index contributed by atoms with van der Waals surface area (Å²) >= 11 is 0. The summed E-state index contributed by atoms with van der Waals surface area (Å²) in [6, 6.07) is 106. The van der Waals surface area contributed by atoms with Crippen LogP contribution in [0.5, 0.6) is 0 Å². The zero-order valence-corrected chi connectivity index (χ0v) is 41.1. The van der Waals surface area contributed by atoms with Crippen molar-refractivity contribution in [2.24, 2.45) is 0 Å². The van der Waals surface area contributed by atoms with E-state index in [2.05, 4.69) is 285 Å². The smallest absolute Gasteiger partial charge is 0.160 e. The Balaban J connectivity index is 0.958. The molecule has 0 N–H and O–H groups in total. The number of rotatable bonds is 9. The minimum Gasteiger partial charge on any atom is -0.228 e. The van der Waals surface area contributed by atoms with Gasteiger partial charge in [-0.2, -0.15) is 0 Å². The van der Waals surface area contributed by atoms with Crippen LogP contribution in [0.3, 0.4) is 0 Å². The van der Waals surface area contributed by atoms with Crippen molar-refractivity contribution in [3.63, 3.8) is 0 Å². The van der Waals surface area contributed by atoms with E-state index >= 15 is 0 Å². The third kappa shape index (κ3) is 7.58. The van der Waals surface area contributed by atoms with Gasteiger partial charge in [0.05, 0.1) is 16.8 Å². The molecule has 2 heteroatoms. The Morgan fingerprint density at radius 2 is 0.693 bits per heavy atom. The second kappa shape index (κ2) is 18.4. The minimum atomic E-state index is -0.470. The zero-order chi connectivity index (χ0) is 49.7. The van der Waals surface area contributed by atoms with Gasteiger partial charge < -0.3 is 0 Å². The molecular formula is C73H48N2. The molecule has 0 fully saturated rings. The zero-order valence-electron chi connectivity index (χ0n) is 41.1. The normalized spacial score (nSPS) is 12.4. The summed E-state index contributed by atoms with van der Waals surface area (Å²) in [5.41, 5.74) is 21.3. The van der Waals surface area contributed by atoms with Crippen LogP contribution in [0.2, 0.25) is 0 Å². The largest absolute Gasteiger partial charge is 0.228 e. The molecule has 0 aliphatic heterocycles. The van der Waals surface area contributed by atoms with Crippen molar-refractivity contribution in [1.29, 1.82) is 0 Å². The van der Waals surface area contributed by atoms with E-state index in [0.717, 1.165) is 61.1 Å². The van der Waals surface area contributed by atoms with Crippen LogP contribution in [-0.2, 0) is 5.41 Å². The summed E-state index contributed by atoms with van der Waals surface area (Å²) in [4.78, 5) is 10.6. The van der Waals surface area contributed by atoms with Crippen molar-refractivity contribution in [2.75, 3.05) is 0 Å². The van der Waals surface area contributed by atoms with Crippen LogP contribution in [0.1, 0.15) is 22.3 Å². The molecule has 1 aliphatic carbocycles. The highest BCUT2D eigenvalue weighted by atomic mass is 14.9. The fraction of sp³-hybridized carbons (Fsp3) is 0.0137. The van der Waals surface area contributed by atoms with Crippen LogP contribution in [0.25, 0.3) is 111 Å². The molecule has 0 atom stereocenters. The molecule has 75 heavy (non-hydrogen) atoms. The van der Waals surface area contributed by atoms with Crippen molar-refractivity contribution in [2.45, 2.75) is 5.41 Å². The third-order valence-electron chi connectivity index (χ3n) is 15.4.